The molecule has 0 spiro atoms. The summed E-state index contributed by atoms with van der Waals surface area (Å²) in [5.41, 5.74) is 11.5. The summed E-state index contributed by atoms with van der Waals surface area (Å²) >= 11 is 5.33. The molecule has 0 saturated heterocycles. The number of carbonyl (C=O) groups excluding carboxylic acids is 1. The number of alkyl halides is 1. The van der Waals surface area contributed by atoms with Crippen molar-refractivity contribution in [3.8, 4) is 0 Å². The quantitative estimate of drug-likeness (QED) is 0.00489. The molecule has 20 heteroatoms. The third kappa shape index (κ3) is 34.9. The van der Waals surface area contributed by atoms with Crippen molar-refractivity contribution in [1.29, 1.82) is 0 Å². The Bertz CT molecular complexity index is 2550. The van der Waals surface area contributed by atoms with Gasteiger partial charge in [-0.25, -0.2) is 0 Å². The molecule has 14 nitrogen and oxygen atoms in total. The van der Waals surface area contributed by atoms with Gasteiger partial charge < -0.3 is 58.8 Å². The lowest BCUT2D eigenvalue weighted by atomic mass is 10.0. The van der Waals surface area contributed by atoms with E-state index in [1.807, 2.05) is 54.2 Å². The van der Waals surface area contributed by atoms with E-state index in [1.54, 1.807) is 6.26 Å². The second kappa shape index (κ2) is 45.4. The normalized spacial score (nSPS) is 13.4. The van der Waals surface area contributed by atoms with Gasteiger partial charge in [-0.15, -0.1) is 0 Å². The van der Waals surface area contributed by atoms with Crippen LogP contribution in [0.3, 0.4) is 0 Å². The highest BCUT2D eigenvalue weighted by molar-refractivity contribution is 9.09. The van der Waals surface area contributed by atoms with Crippen LogP contribution in [0.25, 0.3) is 0 Å². The van der Waals surface area contributed by atoms with Gasteiger partial charge >= 0.3 is 13.6 Å². The van der Waals surface area contributed by atoms with Crippen molar-refractivity contribution >= 4 is 70.6 Å². The Morgan fingerprint density at radius 3 is 1.40 bits per heavy atom. The predicted octanol–water partition coefficient (Wildman–Crippen LogP) is 10.1. The fraction of sp³-hybridized carbons (Fsp3) is 0.508. The Hall–Kier alpha value is -2.84. The summed E-state index contributed by atoms with van der Waals surface area (Å²) in [6.45, 7) is 1.73. The number of carbonyl (C=O) groups is 1. The van der Waals surface area contributed by atoms with Gasteiger partial charge in [0.2, 0.25) is 5.94 Å². The number of rotatable bonds is 37. The van der Waals surface area contributed by atoms with E-state index in [2.05, 4.69) is 118 Å². The Kier molecular flexibility index (Phi) is 41.8. The van der Waals surface area contributed by atoms with Crippen molar-refractivity contribution in [1.82, 2.24) is 0 Å². The number of esters is 1. The minimum absolute atomic E-state index is 0.125. The number of ether oxygens (including phenoxy) is 3. The molecule has 464 valence electrons. The summed E-state index contributed by atoms with van der Waals surface area (Å²) in [5, 5.41) is 33.8. The third-order valence-corrected chi connectivity index (χ3v) is 21.8. The van der Waals surface area contributed by atoms with E-state index in [0.29, 0.717) is 44.0 Å². The van der Waals surface area contributed by atoms with Crippen LogP contribution in [-0.4, -0.2) is 133 Å². The van der Waals surface area contributed by atoms with E-state index in [4.69, 9.17) is 39.5 Å². The number of aryl methyl sites for hydroxylation is 8. The van der Waals surface area contributed by atoms with Crippen LogP contribution in [0.5, 0.6) is 0 Å². The van der Waals surface area contributed by atoms with Gasteiger partial charge in [-0.1, -0.05) is 143 Å². The third-order valence-electron chi connectivity index (χ3n) is 13.0. The fourth-order valence-electron chi connectivity index (χ4n) is 8.53. The molecule has 5 aromatic carbocycles. The summed E-state index contributed by atoms with van der Waals surface area (Å²) in [7, 11) is -10.3. The first kappa shape index (κ1) is 76.3. The molecule has 0 fully saturated rings. The van der Waals surface area contributed by atoms with Gasteiger partial charge in [-0.2, -0.15) is 11.8 Å². The van der Waals surface area contributed by atoms with Gasteiger partial charge in [0.1, 0.15) is 18.3 Å². The maximum Gasteiger partial charge on any atom is 0.370 e. The Labute approximate surface area is 514 Å². The molecule has 83 heavy (non-hydrogen) atoms. The molecule has 0 radical (unpaired) electrons. The van der Waals surface area contributed by atoms with Crippen LogP contribution < -0.4 is 4.89 Å². The maximum atomic E-state index is 11.4. The van der Waals surface area contributed by atoms with Crippen molar-refractivity contribution in [2.24, 2.45) is 0 Å². The van der Waals surface area contributed by atoms with Crippen LogP contribution >= 0.6 is 42.9 Å². The molecule has 5 rings (SSSR count). The van der Waals surface area contributed by atoms with Gasteiger partial charge in [-0.3, -0.25) is 9.36 Å². The van der Waals surface area contributed by atoms with E-state index in [1.165, 1.54) is 64.6 Å². The van der Waals surface area contributed by atoms with Crippen LogP contribution in [0.15, 0.2) is 127 Å². The molecular weight excluding hydrogens is 1220 g/mol. The highest BCUT2D eigenvalue weighted by atomic mass is 79.9. The van der Waals surface area contributed by atoms with Crippen molar-refractivity contribution < 1.29 is 68.1 Å². The molecule has 0 aliphatic heterocycles. The van der Waals surface area contributed by atoms with Gasteiger partial charge in [0, 0.05) is 42.5 Å². The van der Waals surface area contributed by atoms with Crippen molar-refractivity contribution in [2.75, 3.05) is 86.8 Å². The Balaban J connectivity index is 0.000000389. The summed E-state index contributed by atoms with van der Waals surface area (Å²) in [6.07, 6.45) is 20.8. The molecule has 0 heterocycles. The zero-order chi connectivity index (χ0) is 61.2. The molecule has 4 atom stereocenters. The number of halogens is 1. The number of benzene rings is 5. The Morgan fingerprint density at radius 2 is 0.988 bits per heavy atom. The number of aliphatic hydroxyl groups is 4. The lowest BCUT2D eigenvalue weighted by molar-refractivity contribution is -0.204. The maximum absolute atomic E-state index is 11.4. The molecule has 0 aliphatic rings. The summed E-state index contributed by atoms with van der Waals surface area (Å²) in [4.78, 5) is 49.6. The number of aliphatic hydroxyl groups excluding tert-OH is 3. The predicted molar refractivity (Wildman–Crippen MR) is 348 cm³/mol. The molecule has 0 saturated carbocycles. The second-order valence-corrected chi connectivity index (χ2v) is 30.4. The first-order chi connectivity index (χ1) is 39.8. The summed E-state index contributed by atoms with van der Waals surface area (Å²) in [6, 6.07) is 44.2. The first-order valence-corrected chi connectivity index (χ1v) is 37.9. The molecule has 0 bridgehead atoms. The van der Waals surface area contributed by atoms with Gasteiger partial charge in [-0.05, 0) is 169 Å². The van der Waals surface area contributed by atoms with Crippen LogP contribution in [0, 0.1) is 0 Å². The first-order valence-electron chi connectivity index (χ1n) is 28.3. The topological polar surface area (TPSA) is 244 Å². The summed E-state index contributed by atoms with van der Waals surface area (Å²) < 4.78 is 38.1. The lowest BCUT2D eigenvalue weighted by Gasteiger charge is -2.34. The average molecular weight is 1310 g/mol. The smallest absolute Gasteiger partial charge is 0.370 e. The van der Waals surface area contributed by atoms with Crippen LogP contribution in [0.1, 0.15) is 101 Å². The molecule has 0 aromatic heterocycles. The molecule has 0 amide bonds. The van der Waals surface area contributed by atoms with Crippen LogP contribution in [0.4, 0.5) is 0 Å². The van der Waals surface area contributed by atoms with Gasteiger partial charge in [0.05, 0.1) is 26.2 Å². The second-order valence-electron chi connectivity index (χ2n) is 20.2. The number of thioether (sulfide) groups is 1. The number of methoxy groups -OCH3 is 1. The molecule has 0 aliphatic carbocycles. The van der Waals surface area contributed by atoms with Crippen LogP contribution in [-0.2, 0) is 108 Å². The lowest BCUT2D eigenvalue weighted by Crippen LogP contribution is -2.40. The number of hydrogen-bond acceptors (Lipinski definition) is 12. The van der Waals surface area contributed by atoms with E-state index in [9.17, 15) is 23.9 Å². The zero-order valence-electron chi connectivity index (χ0n) is 49.2. The van der Waals surface area contributed by atoms with Crippen LogP contribution in [0.2, 0.25) is 0 Å². The van der Waals surface area contributed by atoms with E-state index < -0.39 is 36.9 Å². The minimum Gasteiger partial charge on any atom is -0.776 e. The zero-order valence-corrected chi connectivity index (χ0v) is 55.0. The molecule has 4 unspecified atom stereocenters. The van der Waals surface area contributed by atoms with E-state index in [-0.39, 0.29) is 36.9 Å². The molecule has 7 N–H and O–H groups in total. The highest BCUT2D eigenvalue weighted by Gasteiger charge is 2.57. The minimum atomic E-state index is -5.64. The largest absolute Gasteiger partial charge is 0.776 e. The standard InChI is InChI=1S/C22H31O3S.C15H26O8P2S.C13H17BrO2.C13H20OS/c1-26(19-25-18-23)15-7-13-21-11-5-10-20(16-21)12-6-14-24-17-22-8-3-2-4-9-22;1-26(12-15(17,24(18,19)20)25(21,22)23)10-4-8-14-6-2-5-13(11-14)7-3-9-16;1-16-13(15)8-7-12-5-2-4-11(10-12)6-3-9-14;1-15-10-4-8-13-6-2-5-12(11-13)7-3-9-14/h2-5,8-11,16,23H,6-7,12-15,17-19H2,1H3;2,5-6,11,16-17H,3-4,7-10,12H2,1H3,(H3-,18,19,20,21,22,23);2,4-5,10H,3,6-9H2,1H3;2,5-6,11,14H,3-4,7-10H2,1H3/q+1;;;. The van der Waals surface area contributed by atoms with Gasteiger partial charge in [0.25, 0.3) is 5.08 Å². The Morgan fingerprint density at radius 1 is 0.578 bits per heavy atom. The molecular formula is C63H94BrO14P2S3+. The van der Waals surface area contributed by atoms with Crippen molar-refractivity contribution in [3.63, 3.8) is 0 Å². The van der Waals surface area contributed by atoms with Gasteiger partial charge in [0.15, 0.2) is 13.3 Å². The van der Waals surface area contributed by atoms with E-state index >= 15 is 0 Å². The monoisotopic (exact) mass is 1310 g/mol. The SMILES string of the molecule is COC(=O)CCc1cccc(CCCBr)c1.CSCCCc1cccc(CCCO)c1.C[S+](CCCc1cccc(CCCO)c1)CC(O)(P(=O)([O-])O)P(=O)(O)O.C[S+](CCCc1cccc(CCCOCc2ccccc2)c1)COCO. The van der Waals surface area contributed by atoms with Crippen molar-refractivity contribution in [3.05, 3.63) is 177 Å². The molecule has 5 aromatic rings. The average Bonchev–Trinajstić information content (AvgIpc) is 3.22. The van der Waals surface area contributed by atoms with Crippen molar-refractivity contribution in [2.45, 2.75) is 114 Å². The summed E-state index contributed by atoms with van der Waals surface area (Å²) in [5.74, 6) is 2.64. The highest BCUT2D eigenvalue weighted by Crippen LogP contribution is 2.65. The fourth-order valence-corrected chi connectivity index (χ4v) is 15.8. The van der Waals surface area contributed by atoms with E-state index in [0.717, 1.165) is 93.0 Å². The number of hydrogen-bond donors (Lipinski definition) is 7.